The maximum Gasteiger partial charge on any atom is 0.319 e. The second-order valence-electron chi connectivity index (χ2n) is 6.28. The quantitative estimate of drug-likeness (QED) is 0.784. The van der Waals surface area contributed by atoms with Crippen LogP contribution in [0.4, 0.5) is 10.5 Å². The molecule has 2 N–H and O–H groups in total. The van der Waals surface area contributed by atoms with E-state index in [1.165, 1.54) is 5.56 Å². The van der Waals surface area contributed by atoms with Crippen LogP contribution in [0.15, 0.2) is 46.9 Å². The lowest BCUT2D eigenvalue weighted by atomic mass is 9.96. The number of hydrogen-bond donors (Lipinski definition) is 2. The number of carbonyl (C=O) groups excluding carboxylic acids is 1. The summed E-state index contributed by atoms with van der Waals surface area (Å²) in [5, 5.41) is 5.89. The van der Waals surface area contributed by atoms with E-state index < -0.39 is 0 Å². The lowest BCUT2D eigenvalue weighted by Crippen LogP contribution is -2.35. The number of aryl methyl sites for hydroxylation is 1. The van der Waals surface area contributed by atoms with E-state index in [9.17, 15) is 4.79 Å². The summed E-state index contributed by atoms with van der Waals surface area (Å²) in [5.41, 5.74) is 3.20. The van der Waals surface area contributed by atoms with Crippen molar-refractivity contribution in [3.63, 3.8) is 0 Å². The summed E-state index contributed by atoms with van der Waals surface area (Å²) in [6, 6.07) is 13.7. The Balaban J connectivity index is 1.58. The van der Waals surface area contributed by atoms with Crippen molar-refractivity contribution < 1.29 is 9.53 Å². The molecule has 24 heavy (non-hydrogen) atoms. The lowest BCUT2D eigenvalue weighted by Gasteiger charge is -2.17. The van der Waals surface area contributed by atoms with Crippen LogP contribution < -0.4 is 15.4 Å². The zero-order chi connectivity index (χ0) is 17.2. The minimum atomic E-state index is -0.170. The molecule has 126 valence electrons. The summed E-state index contributed by atoms with van der Waals surface area (Å²) in [7, 11) is 1.66. The van der Waals surface area contributed by atoms with E-state index in [1.807, 2.05) is 37.3 Å². The van der Waals surface area contributed by atoms with Crippen LogP contribution in [0, 0.1) is 6.92 Å². The third-order valence-corrected chi connectivity index (χ3v) is 5.45. The number of rotatable bonds is 5. The number of amides is 2. The number of halogens is 1. The van der Waals surface area contributed by atoms with Crippen molar-refractivity contribution in [3.8, 4) is 5.75 Å². The van der Waals surface area contributed by atoms with Crippen LogP contribution in [0.25, 0.3) is 0 Å². The molecule has 0 atom stereocenters. The van der Waals surface area contributed by atoms with Gasteiger partial charge in [-0.25, -0.2) is 4.79 Å². The van der Waals surface area contributed by atoms with Crippen molar-refractivity contribution in [2.24, 2.45) is 0 Å². The fraction of sp³-hybridized carbons (Fsp3) is 0.316. The molecular weight excluding hydrogens is 368 g/mol. The van der Waals surface area contributed by atoms with Crippen LogP contribution in [0.2, 0.25) is 0 Å². The second-order valence-corrected chi connectivity index (χ2v) is 7.13. The summed E-state index contributed by atoms with van der Waals surface area (Å²) in [5.74, 6) is 0.853. The third kappa shape index (κ3) is 3.73. The molecule has 0 heterocycles. The van der Waals surface area contributed by atoms with Gasteiger partial charge >= 0.3 is 6.03 Å². The zero-order valence-electron chi connectivity index (χ0n) is 13.9. The Labute approximate surface area is 150 Å². The van der Waals surface area contributed by atoms with Gasteiger partial charge < -0.3 is 15.4 Å². The number of nitrogens with one attached hydrogen (secondary N) is 2. The molecule has 0 bridgehead atoms. The molecule has 0 radical (unpaired) electrons. The standard InChI is InChI=1S/C19H21BrN2O2/c1-13-11-15(5-8-17(13)20)22-18(23)21-12-19(9-10-19)14-3-6-16(24-2)7-4-14/h3-8,11H,9-10,12H2,1-2H3,(H2,21,22,23). The third-order valence-electron chi connectivity index (χ3n) is 4.56. The predicted octanol–water partition coefficient (Wildman–Crippen LogP) is 4.62. The molecule has 2 amide bonds. The maximum atomic E-state index is 12.2. The minimum absolute atomic E-state index is 0.0687. The highest BCUT2D eigenvalue weighted by molar-refractivity contribution is 9.10. The predicted molar refractivity (Wildman–Crippen MR) is 99.8 cm³/mol. The fourth-order valence-electron chi connectivity index (χ4n) is 2.81. The van der Waals surface area contributed by atoms with Gasteiger partial charge in [0, 0.05) is 22.1 Å². The fourth-order valence-corrected chi connectivity index (χ4v) is 3.06. The van der Waals surface area contributed by atoms with Gasteiger partial charge in [-0.15, -0.1) is 0 Å². The first-order valence-corrected chi connectivity index (χ1v) is 8.77. The van der Waals surface area contributed by atoms with Gasteiger partial charge in [0.1, 0.15) is 5.75 Å². The number of ether oxygens (including phenoxy) is 1. The first-order chi connectivity index (χ1) is 11.5. The van der Waals surface area contributed by atoms with E-state index in [-0.39, 0.29) is 11.4 Å². The molecule has 0 unspecified atom stereocenters. The smallest absolute Gasteiger partial charge is 0.319 e. The molecule has 0 spiro atoms. The van der Waals surface area contributed by atoms with Gasteiger partial charge in [-0.3, -0.25) is 0 Å². The number of urea groups is 1. The molecule has 2 aromatic carbocycles. The molecule has 1 fully saturated rings. The van der Waals surface area contributed by atoms with E-state index in [0.717, 1.165) is 34.3 Å². The number of anilines is 1. The molecule has 0 aromatic heterocycles. The SMILES string of the molecule is COc1ccc(C2(CNC(=O)Nc3ccc(Br)c(C)c3)CC2)cc1. The summed E-state index contributed by atoms with van der Waals surface area (Å²) in [6.45, 7) is 2.64. The highest BCUT2D eigenvalue weighted by Crippen LogP contribution is 2.47. The van der Waals surface area contributed by atoms with Crippen molar-refractivity contribution in [1.82, 2.24) is 5.32 Å². The van der Waals surface area contributed by atoms with Crippen LogP contribution in [-0.2, 0) is 5.41 Å². The van der Waals surface area contributed by atoms with Crippen molar-refractivity contribution in [1.29, 1.82) is 0 Å². The average molecular weight is 389 g/mol. The largest absolute Gasteiger partial charge is 0.497 e. The first-order valence-electron chi connectivity index (χ1n) is 7.98. The van der Waals surface area contributed by atoms with Crippen molar-refractivity contribution in [2.45, 2.75) is 25.2 Å². The summed E-state index contributed by atoms with van der Waals surface area (Å²) in [6.07, 6.45) is 2.19. The average Bonchev–Trinajstić information content (AvgIpc) is 3.38. The van der Waals surface area contributed by atoms with Gasteiger partial charge in [0.05, 0.1) is 7.11 Å². The van der Waals surface area contributed by atoms with Gasteiger partial charge in [-0.1, -0.05) is 28.1 Å². The first kappa shape index (κ1) is 16.8. The van der Waals surface area contributed by atoms with Crippen LogP contribution in [0.3, 0.4) is 0 Å². The van der Waals surface area contributed by atoms with Crippen LogP contribution in [0.1, 0.15) is 24.0 Å². The minimum Gasteiger partial charge on any atom is -0.497 e. The van der Waals surface area contributed by atoms with Crippen molar-refractivity contribution >= 4 is 27.6 Å². The Hall–Kier alpha value is -2.01. The van der Waals surface area contributed by atoms with Crippen LogP contribution >= 0.6 is 15.9 Å². The molecular formula is C19H21BrN2O2. The van der Waals surface area contributed by atoms with Crippen LogP contribution in [-0.4, -0.2) is 19.7 Å². The highest BCUT2D eigenvalue weighted by atomic mass is 79.9. The number of carbonyl (C=O) groups is 1. The van der Waals surface area contributed by atoms with E-state index in [4.69, 9.17) is 4.74 Å². The van der Waals surface area contributed by atoms with Gasteiger partial charge in [0.25, 0.3) is 0 Å². The number of methoxy groups -OCH3 is 1. The molecule has 1 aliphatic carbocycles. The van der Waals surface area contributed by atoms with Gasteiger partial charge in [-0.05, 0) is 61.2 Å². The topological polar surface area (TPSA) is 50.4 Å². The Morgan fingerprint density at radius 3 is 2.50 bits per heavy atom. The lowest BCUT2D eigenvalue weighted by molar-refractivity contribution is 0.251. The van der Waals surface area contributed by atoms with Crippen LogP contribution in [0.5, 0.6) is 5.75 Å². The molecule has 3 rings (SSSR count). The molecule has 5 heteroatoms. The van der Waals surface area contributed by atoms with E-state index >= 15 is 0 Å². The number of hydrogen-bond acceptors (Lipinski definition) is 2. The van der Waals surface area contributed by atoms with Crippen molar-refractivity contribution in [3.05, 3.63) is 58.1 Å². The number of benzene rings is 2. The van der Waals surface area contributed by atoms with E-state index in [1.54, 1.807) is 7.11 Å². The molecule has 0 saturated heterocycles. The normalized spacial score (nSPS) is 14.8. The van der Waals surface area contributed by atoms with Gasteiger partial charge in [-0.2, -0.15) is 0 Å². The molecule has 4 nitrogen and oxygen atoms in total. The summed E-state index contributed by atoms with van der Waals surface area (Å²) < 4.78 is 6.23. The second kappa shape index (κ2) is 6.85. The summed E-state index contributed by atoms with van der Waals surface area (Å²) >= 11 is 3.46. The van der Waals surface area contributed by atoms with Crippen molar-refractivity contribution in [2.75, 3.05) is 19.0 Å². The summed E-state index contributed by atoms with van der Waals surface area (Å²) in [4.78, 5) is 12.2. The highest BCUT2D eigenvalue weighted by Gasteiger charge is 2.44. The Bertz CT molecular complexity index is 740. The molecule has 1 aliphatic rings. The Kier molecular flexibility index (Phi) is 4.81. The van der Waals surface area contributed by atoms with Gasteiger partial charge in [0.15, 0.2) is 0 Å². The molecule has 1 saturated carbocycles. The monoisotopic (exact) mass is 388 g/mol. The Morgan fingerprint density at radius 2 is 1.92 bits per heavy atom. The molecule has 2 aromatic rings. The van der Waals surface area contributed by atoms with Gasteiger partial charge in [0.2, 0.25) is 0 Å². The zero-order valence-corrected chi connectivity index (χ0v) is 15.4. The van der Waals surface area contributed by atoms with E-state index in [0.29, 0.717) is 6.54 Å². The maximum absolute atomic E-state index is 12.2. The Morgan fingerprint density at radius 1 is 1.21 bits per heavy atom. The van der Waals surface area contributed by atoms with E-state index in [2.05, 4.69) is 38.7 Å². The molecule has 0 aliphatic heterocycles.